The van der Waals surface area contributed by atoms with Crippen molar-refractivity contribution in [3.63, 3.8) is 0 Å². The fourth-order valence-corrected chi connectivity index (χ4v) is 4.43. The molecule has 1 aliphatic heterocycles. The molecule has 0 aliphatic carbocycles. The minimum absolute atomic E-state index is 0.0537. The summed E-state index contributed by atoms with van der Waals surface area (Å²) in [5.74, 6) is -0.253. The molecule has 0 unspecified atom stereocenters. The van der Waals surface area contributed by atoms with E-state index in [0.717, 1.165) is 49.4 Å². The molecule has 0 spiro atoms. The Labute approximate surface area is 186 Å². The van der Waals surface area contributed by atoms with Gasteiger partial charge in [-0.15, -0.1) is 0 Å². The van der Waals surface area contributed by atoms with Gasteiger partial charge in [-0.25, -0.2) is 4.79 Å². The lowest BCUT2D eigenvalue weighted by molar-refractivity contribution is -0.116. The summed E-state index contributed by atoms with van der Waals surface area (Å²) in [4.78, 5) is 30.5. The molecule has 2 aromatic carbocycles. The largest absolute Gasteiger partial charge is 0.367 e. The van der Waals surface area contributed by atoms with Crippen LogP contribution in [0.1, 0.15) is 13.8 Å². The Kier molecular flexibility index (Phi) is 6.34. The average molecular weight is 442 g/mol. The van der Waals surface area contributed by atoms with Crippen LogP contribution in [-0.2, 0) is 17.9 Å². The number of rotatable bonds is 6. The topological polar surface area (TPSA) is 62.5 Å². The molecule has 1 aliphatic rings. The molecule has 164 valence electrons. The lowest BCUT2D eigenvalue weighted by Gasteiger charge is -2.36. The summed E-state index contributed by atoms with van der Waals surface area (Å²) >= 11 is 6.23. The van der Waals surface area contributed by atoms with E-state index in [1.54, 1.807) is 10.6 Å². The predicted molar refractivity (Wildman–Crippen MR) is 126 cm³/mol. The number of nitrogens with one attached hydrogen (secondary N) is 1. The van der Waals surface area contributed by atoms with Crippen molar-refractivity contribution >= 4 is 39.9 Å². The minimum atomic E-state index is -0.253. The molecule has 1 aromatic heterocycles. The Hall–Kier alpha value is -2.77. The average Bonchev–Trinajstić information content (AvgIpc) is 3.04. The summed E-state index contributed by atoms with van der Waals surface area (Å²) in [6, 6.07) is 13.1. The van der Waals surface area contributed by atoms with Crippen molar-refractivity contribution in [2.75, 3.05) is 42.9 Å². The highest BCUT2D eigenvalue weighted by molar-refractivity contribution is 6.31. The van der Waals surface area contributed by atoms with Crippen molar-refractivity contribution in [1.29, 1.82) is 0 Å². The number of piperazine rings is 1. The van der Waals surface area contributed by atoms with Gasteiger partial charge >= 0.3 is 5.69 Å². The summed E-state index contributed by atoms with van der Waals surface area (Å²) in [5.41, 5.74) is 3.04. The predicted octanol–water partition coefficient (Wildman–Crippen LogP) is 3.26. The molecule has 7 nitrogen and oxygen atoms in total. The van der Waals surface area contributed by atoms with E-state index in [-0.39, 0.29) is 18.1 Å². The van der Waals surface area contributed by atoms with Crippen LogP contribution >= 0.6 is 11.6 Å². The third-order valence-corrected chi connectivity index (χ3v) is 6.17. The number of hydrogen-bond donors (Lipinski definition) is 1. The second kappa shape index (κ2) is 9.16. The number of likely N-dealkylation sites (N-methyl/N-ethyl adjacent to an activating group) is 1. The molecule has 4 rings (SSSR count). The Bertz CT molecular complexity index is 1140. The van der Waals surface area contributed by atoms with Crippen molar-refractivity contribution in [2.45, 2.75) is 26.9 Å². The second-order valence-electron chi connectivity index (χ2n) is 7.73. The van der Waals surface area contributed by atoms with Gasteiger partial charge in [0.1, 0.15) is 6.54 Å². The van der Waals surface area contributed by atoms with Crippen molar-refractivity contribution < 1.29 is 4.79 Å². The number of carbonyl (C=O) groups is 1. The Morgan fingerprint density at radius 3 is 2.29 bits per heavy atom. The van der Waals surface area contributed by atoms with E-state index >= 15 is 0 Å². The smallest absolute Gasteiger partial charge is 0.329 e. The molecule has 1 N–H and O–H groups in total. The van der Waals surface area contributed by atoms with E-state index in [1.807, 2.05) is 43.3 Å². The maximum Gasteiger partial charge on any atom is 0.329 e. The van der Waals surface area contributed by atoms with Gasteiger partial charge in [0.2, 0.25) is 5.91 Å². The molecular formula is C23H28ClN5O2. The quantitative estimate of drug-likeness (QED) is 0.637. The first kappa shape index (κ1) is 21.5. The molecule has 8 heteroatoms. The molecule has 0 saturated carbocycles. The Morgan fingerprint density at radius 1 is 0.968 bits per heavy atom. The molecule has 0 radical (unpaired) electrons. The molecule has 0 atom stereocenters. The van der Waals surface area contributed by atoms with Crippen LogP contribution < -0.4 is 15.9 Å². The van der Waals surface area contributed by atoms with Gasteiger partial charge in [-0.1, -0.05) is 30.7 Å². The molecule has 31 heavy (non-hydrogen) atoms. The highest BCUT2D eigenvalue weighted by Gasteiger charge is 2.20. The summed E-state index contributed by atoms with van der Waals surface area (Å²) in [6.45, 7) is 9.38. The number of para-hydroxylation sites is 2. The van der Waals surface area contributed by atoms with Crippen molar-refractivity contribution in [2.24, 2.45) is 0 Å². The first-order valence-electron chi connectivity index (χ1n) is 10.8. The molecule has 1 fully saturated rings. The lowest BCUT2D eigenvalue weighted by Crippen LogP contribution is -2.46. The van der Waals surface area contributed by atoms with Crippen molar-refractivity contribution in [1.82, 2.24) is 14.0 Å². The molecule has 0 bridgehead atoms. The number of halogens is 1. The van der Waals surface area contributed by atoms with Crippen LogP contribution in [0.3, 0.4) is 0 Å². The van der Waals surface area contributed by atoms with Gasteiger partial charge in [0.15, 0.2) is 0 Å². The van der Waals surface area contributed by atoms with Crippen molar-refractivity contribution in [3.8, 4) is 0 Å². The number of aryl methyl sites for hydroxylation is 1. The minimum Gasteiger partial charge on any atom is -0.367 e. The zero-order valence-corrected chi connectivity index (χ0v) is 18.7. The third-order valence-electron chi connectivity index (χ3n) is 5.94. The first-order chi connectivity index (χ1) is 15.0. The van der Waals surface area contributed by atoms with Gasteiger partial charge in [-0.3, -0.25) is 13.9 Å². The highest BCUT2D eigenvalue weighted by Crippen LogP contribution is 2.30. The number of anilines is 2. The van der Waals surface area contributed by atoms with Gasteiger partial charge in [-0.2, -0.15) is 0 Å². The van der Waals surface area contributed by atoms with Crippen LogP contribution in [0.2, 0.25) is 5.02 Å². The van der Waals surface area contributed by atoms with Crippen LogP contribution in [0.15, 0.2) is 47.3 Å². The number of benzene rings is 2. The van der Waals surface area contributed by atoms with E-state index in [2.05, 4.69) is 22.0 Å². The zero-order chi connectivity index (χ0) is 22.0. The summed E-state index contributed by atoms with van der Waals surface area (Å²) in [7, 11) is 0. The number of aromatic nitrogens is 2. The van der Waals surface area contributed by atoms with E-state index < -0.39 is 0 Å². The maximum atomic E-state index is 13.0. The van der Waals surface area contributed by atoms with E-state index in [1.165, 1.54) is 4.57 Å². The van der Waals surface area contributed by atoms with Gasteiger partial charge in [0, 0.05) is 37.7 Å². The molecule has 2 heterocycles. The van der Waals surface area contributed by atoms with Crippen LogP contribution in [0.5, 0.6) is 0 Å². The number of carbonyl (C=O) groups excluding carboxylic acids is 1. The molecule has 1 saturated heterocycles. The van der Waals surface area contributed by atoms with Crippen LogP contribution in [0.4, 0.5) is 11.4 Å². The standard InChI is InChI=1S/C23H28ClN5O2/c1-3-26-11-13-27(14-12-26)19-10-9-17(24)15-18(19)25-22(30)16-29-21-8-6-5-7-20(21)28(4-2)23(29)31/h5-10,15H,3-4,11-14,16H2,1-2H3,(H,25,30). The van der Waals surface area contributed by atoms with Gasteiger partial charge < -0.3 is 15.1 Å². The fraction of sp³-hybridized carbons (Fsp3) is 0.391. The molecule has 1 amide bonds. The normalized spacial score (nSPS) is 14.9. The molecular weight excluding hydrogens is 414 g/mol. The highest BCUT2D eigenvalue weighted by atomic mass is 35.5. The monoisotopic (exact) mass is 441 g/mol. The maximum absolute atomic E-state index is 13.0. The number of amides is 1. The van der Waals surface area contributed by atoms with E-state index in [0.29, 0.717) is 17.3 Å². The second-order valence-corrected chi connectivity index (χ2v) is 8.17. The summed E-state index contributed by atoms with van der Waals surface area (Å²) < 4.78 is 3.21. The van der Waals surface area contributed by atoms with E-state index in [9.17, 15) is 9.59 Å². The molecule has 3 aromatic rings. The third kappa shape index (κ3) is 4.34. The fourth-order valence-electron chi connectivity index (χ4n) is 4.25. The van der Waals surface area contributed by atoms with Gasteiger partial charge in [-0.05, 0) is 43.8 Å². The van der Waals surface area contributed by atoms with Crippen LogP contribution in [0, 0.1) is 0 Å². The summed E-state index contributed by atoms with van der Waals surface area (Å²) in [6.07, 6.45) is 0. The van der Waals surface area contributed by atoms with Crippen molar-refractivity contribution in [3.05, 3.63) is 58.0 Å². The van der Waals surface area contributed by atoms with Crippen LogP contribution in [-0.4, -0.2) is 52.7 Å². The first-order valence-corrected chi connectivity index (χ1v) is 11.1. The number of nitrogens with zero attached hydrogens (tertiary/aromatic N) is 4. The zero-order valence-electron chi connectivity index (χ0n) is 18.0. The Morgan fingerprint density at radius 2 is 1.65 bits per heavy atom. The number of fused-ring (bicyclic) bond motifs is 1. The summed E-state index contributed by atoms with van der Waals surface area (Å²) in [5, 5.41) is 3.56. The number of imidazole rings is 1. The van der Waals surface area contributed by atoms with Crippen LogP contribution in [0.25, 0.3) is 11.0 Å². The van der Waals surface area contributed by atoms with Gasteiger partial charge in [0.05, 0.1) is 22.4 Å². The van der Waals surface area contributed by atoms with Gasteiger partial charge in [0.25, 0.3) is 0 Å². The lowest BCUT2D eigenvalue weighted by atomic mass is 10.2. The Balaban J connectivity index is 1.57. The number of hydrogen-bond acceptors (Lipinski definition) is 4. The van der Waals surface area contributed by atoms with E-state index in [4.69, 9.17) is 11.6 Å². The SMILES string of the molecule is CCN1CCN(c2ccc(Cl)cc2NC(=O)Cn2c(=O)n(CC)c3ccccc32)CC1.